The third-order valence-corrected chi connectivity index (χ3v) is 2.63. The molecule has 0 fully saturated rings. The molecule has 0 aliphatic carbocycles. The fraction of sp³-hybridized carbons (Fsp3) is 0.500. The number of hydrogen-bond acceptors (Lipinski definition) is 2. The summed E-state index contributed by atoms with van der Waals surface area (Å²) in [7, 11) is 3.27. The van der Waals surface area contributed by atoms with Crippen molar-refractivity contribution in [3.8, 4) is 5.75 Å². The molecule has 0 spiro atoms. The predicted octanol–water partition coefficient (Wildman–Crippen LogP) is 2.51. The highest BCUT2D eigenvalue weighted by Crippen LogP contribution is 2.25. The summed E-state index contributed by atoms with van der Waals surface area (Å²) in [6.45, 7) is 3.96. The number of benzene rings is 1. The lowest BCUT2D eigenvalue weighted by molar-refractivity contribution is 0.379. The quantitative estimate of drug-likeness (QED) is 0.856. The van der Waals surface area contributed by atoms with Crippen LogP contribution in [0.15, 0.2) is 12.1 Å². The van der Waals surface area contributed by atoms with Crippen LogP contribution in [0.3, 0.4) is 0 Å². The van der Waals surface area contributed by atoms with Crippen LogP contribution in [0.4, 0.5) is 8.78 Å². The number of hydrogen-bond donors (Lipinski definition) is 1. The SMILES string of the molecule is CNC(C)(C)Cc1cc(F)c(F)cc1OC. The van der Waals surface area contributed by atoms with Crippen LogP contribution in [0.5, 0.6) is 5.75 Å². The highest BCUT2D eigenvalue weighted by atomic mass is 19.2. The first-order chi connectivity index (χ1) is 7.39. The summed E-state index contributed by atoms with van der Waals surface area (Å²) in [6, 6.07) is 2.27. The number of ether oxygens (including phenoxy) is 1. The van der Waals surface area contributed by atoms with E-state index in [0.29, 0.717) is 17.7 Å². The van der Waals surface area contributed by atoms with Gasteiger partial charge in [-0.15, -0.1) is 0 Å². The molecular weight excluding hydrogens is 212 g/mol. The van der Waals surface area contributed by atoms with Crippen LogP contribution in [0, 0.1) is 11.6 Å². The van der Waals surface area contributed by atoms with Gasteiger partial charge in [-0.3, -0.25) is 0 Å². The Bertz CT molecular complexity index is 378. The summed E-state index contributed by atoms with van der Waals surface area (Å²) in [4.78, 5) is 0. The lowest BCUT2D eigenvalue weighted by atomic mass is 9.94. The number of likely N-dealkylation sites (N-methyl/N-ethyl adjacent to an activating group) is 1. The van der Waals surface area contributed by atoms with Gasteiger partial charge in [0.25, 0.3) is 0 Å². The van der Waals surface area contributed by atoms with Gasteiger partial charge < -0.3 is 10.1 Å². The molecule has 1 rings (SSSR count). The van der Waals surface area contributed by atoms with Crippen molar-refractivity contribution in [1.29, 1.82) is 0 Å². The number of nitrogens with one attached hydrogen (secondary N) is 1. The molecule has 0 heterocycles. The summed E-state index contributed by atoms with van der Waals surface area (Å²) < 4.78 is 31.2. The lowest BCUT2D eigenvalue weighted by Crippen LogP contribution is -2.38. The minimum absolute atomic E-state index is 0.197. The van der Waals surface area contributed by atoms with E-state index in [2.05, 4.69) is 5.32 Å². The standard InChI is InChI=1S/C12H17F2NO/c1-12(2,15-3)7-8-5-9(13)10(14)6-11(8)16-4/h5-6,15H,7H2,1-4H3. The van der Waals surface area contributed by atoms with Crippen LogP contribution in [0.2, 0.25) is 0 Å². The van der Waals surface area contributed by atoms with Gasteiger partial charge in [0, 0.05) is 11.6 Å². The lowest BCUT2D eigenvalue weighted by Gasteiger charge is -2.25. The minimum atomic E-state index is -0.886. The van der Waals surface area contributed by atoms with Gasteiger partial charge in [-0.05, 0) is 38.9 Å². The average Bonchev–Trinajstić information content (AvgIpc) is 2.22. The van der Waals surface area contributed by atoms with E-state index in [1.165, 1.54) is 13.2 Å². The van der Waals surface area contributed by atoms with Gasteiger partial charge in [0.2, 0.25) is 0 Å². The molecule has 0 amide bonds. The molecule has 16 heavy (non-hydrogen) atoms. The van der Waals surface area contributed by atoms with Gasteiger partial charge in [-0.25, -0.2) is 8.78 Å². The average molecular weight is 229 g/mol. The van der Waals surface area contributed by atoms with Crippen molar-refractivity contribution in [3.05, 3.63) is 29.3 Å². The fourth-order valence-electron chi connectivity index (χ4n) is 1.46. The molecule has 1 aromatic carbocycles. The number of rotatable bonds is 4. The van der Waals surface area contributed by atoms with E-state index in [1.807, 2.05) is 20.9 Å². The van der Waals surface area contributed by atoms with Gasteiger partial charge in [0.15, 0.2) is 11.6 Å². The number of methoxy groups -OCH3 is 1. The first-order valence-electron chi connectivity index (χ1n) is 5.10. The maximum absolute atomic E-state index is 13.1. The predicted molar refractivity (Wildman–Crippen MR) is 59.8 cm³/mol. The first-order valence-corrected chi connectivity index (χ1v) is 5.10. The van der Waals surface area contributed by atoms with Crippen LogP contribution in [0.1, 0.15) is 19.4 Å². The Morgan fingerprint density at radius 3 is 2.31 bits per heavy atom. The molecule has 90 valence electrons. The Morgan fingerprint density at radius 1 is 1.25 bits per heavy atom. The fourth-order valence-corrected chi connectivity index (χ4v) is 1.46. The van der Waals surface area contributed by atoms with Crippen molar-refractivity contribution < 1.29 is 13.5 Å². The van der Waals surface area contributed by atoms with E-state index < -0.39 is 11.6 Å². The van der Waals surface area contributed by atoms with Gasteiger partial charge >= 0.3 is 0 Å². The van der Waals surface area contributed by atoms with Gasteiger partial charge in [-0.1, -0.05) is 0 Å². The largest absolute Gasteiger partial charge is 0.496 e. The van der Waals surface area contributed by atoms with Gasteiger partial charge in [0.05, 0.1) is 7.11 Å². The second kappa shape index (κ2) is 4.78. The highest BCUT2D eigenvalue weighted by molar-refractivity contribution is 5.36. The summed E-state index contributed by atoms with van der Waals surface area (Å²) in [5, 5.41) is 3.10. The Morgan fingerprint density at radius 2 is 1.81 bits per heavy atom. The van der Waals surface area contributed by atoms with Crippen LogP contribution in [0.25, 0.3) is 0 Å². The van der Waals surface area contributed by atoms with E-state index in [1.54, 1.807) is 0 Å². The molecule has 4 heteroatoms. The second-order valence-electron chi connectivity index (χ2n) is 4.39. The normalized spacial score (nSPS) is 11.6. The van der Waals surface area contributed by atoms with E-state index >= 15 is 0 Å². The van der Waals surface area contributed by atoms with E-state index in [-0.39, 0.29) is 5.54 Å². The van der Waals surface area contributed by atoms with Gasteiger partial charge in [0.1, 0.15) is 5.75 Å². The summed E-state index contributed by atoms with van der Waals surface area (Å²) in [5.74, 6) is -1.35. The topological polar surface area (TPSA) is 21.3 Å². The molecule has 2 nitrogen and oxygen atoms in total. The van der Waals surface area contributed by atoms with Crippen LogP contribution in [-0.4, -0.2) is 19.7 Å². The maximum Gasteiger partial charge on any atom is 0.162 e. The van der Waals surface area contributed by atoms with Gasteiger partial charge in [-0.2, -0.15) is 0 Å². The minimum Gasteiger partial charge on any atom is -0.496 e. The molecule has 0 aromatic heterocycles. The molecule has 0 aliphatic rings. The summed E-state index contributed by atoms with van der Waals surface area (Å²) >= 11 is 0. The summed E-state index contributed by atoms with van der Waals surface area (Å²) in [5.41, 5.74) is 0.457. The Kier molecular flexibility index (Phi) is 3.86. The second-order valence-corrected chi connectivity index (χ2v) is 4.39. The Labute approximate surface area is 94.6 Å². The molecule has 1 N–H and O–H groups in total. The molecule has 0 saturated heterocycles. The first kappa shape index (κ1) is 12.9. The molecule has 0 bridgehead atoms. The van der Waals surface area contributed by atoms with Crippen LogP contribution in [-0.2, 0) is 6.42 Å². The van der Waals surface area contributed by atoms with Crippen molar-refractivity contribution in [3.63, 3.8) is 0 Å². The third kappa shape index (κ3) is 2.92. The zero-order valence-electron chi connectivity index (χ0n) is 10.0. The monoisotopic (exact) mass is 229 g/mol. The van der Waals surface area contributed by atoms with Crippen molar-refractivity contribution in [2.45, 2.75) is 25.8 Å². The molecule has 0 saturated carbocycles. The molecule has 0 atom stereocenters. The molecule has 1 aromatic rings. The van der Waals surface area contributed by atoms with Crippen molar-refractivity contribution in [2.75, 3.05) is 14.2 Å². The Hall–Kier alpha value is -1.16. The molecule has 0 aliphatic heterocycles. The van der Waals surface area contributed by atoms with E-state index in [4.69, 9.17) is 4.74 Å². The summed E-state index contributed by atoms with van der Waals surface area (Å²) in [6.07, 6.45) is 0.559. The maximum atomic E-state index is 13.1. The molecule has 0 unspecified atom stereocenters. The van der Waals surface area contributed by atoms with Crippen molar-refractivity contribution in [2.24, 2.45) is 0 Å². The van der Waals surface area contributed by atoms with Crippen molar-refractivity contribution in [1.82, 2.24) is 5.32 Å². The molecular formula is C12H17F2NO. The third-order valence-electron chi connectivity index (χ3n) is 2.63. The molecule has 0 radical (unpaired) electrons. The smallest absolute Gasteiger partial charge is 0.162 e. The highest BCUT2D eigenvalue weighted by Gasteiger charge is 2.19. The van der Waals surface area contributed by atoms with E-state index in [0.717, 1.165) is 6.07 Å². The van der Waals surface area contributed by atoms with Crippen LogP contribution >= 0.6 is 0 Å². The number of halogens is 2. The Balaban J connectivity index is 3.08. The zero-order valence-corrected chi connectivity index (χ0v) is 10.0. The zero-order chi connectivity index (χ0) is 12.3. The van der Waals surface area contributed by atoms with Crippen LogP contribution < -0.4 is 10.1 Å². The van der Waals surface area contributed by atoms with E-state index in [9.17, 15) is 8.78 Å². The van der Waals surface area contributed by atoms with Crippen molar-refractivity contribution >= 4 is 0 Å².